The number of rotatable bonds is 5. The van der Waals surface area contributed by atoms with Crippen molar-refractivity contribution in [3.8, 4) is 11.1 Å². The second-order valence-electron chi connectivity index (χ2n) is 8.58. The third-order valence-corrected chi connectivity index (χ3v) is 8.08. The van der Waals surface area contributed by atoms with Crippen molar-refractivity contribution in [2.75, 3.05) is 12.4 Å². The van der Waals surface area contributed by atoms with Crippen LogP contribution in [0.25, 0.3) is 11.1 Å². The van der Waals surface area contributed by atoms with Gasteiger partial charge >= 0.3 is 5.97 Å². The highest BCUT2D eigenvalue weighted by atomic mass is 35.5. The van der Waals surface area contributed by atoms with Crippen molar-refractivity contribution in [2.45, 2.75) is 46.5 Å². The zero-order valence-corrected chi connectivity index (χ0v) is 21.7. The van der Waals surface area contributed by atoms with E-state index in [0.29, 0.717) is 16.3 Å². The summed E-state index contributed by atoms with van der Waals surface area (Å²) in [6, 6.07) is 9.17. The Kier molecular flexibility index (Phi) is 7.15. The van der Waals surface area contributed by atoms with Crippen molar-refractivity contribution in [3.63, 3.8) is 0 Å². The van der Waals surface area contributed by atoms with Gasteiger partial charge < -0.3 is 14.6 Å². The quantitative estimate of drug-likeness (QED) is 0.248. The summed E-state index contributed by atoms with van der Waals surface area (Å²) in [7, 11) is 1.40. The van der Waals surface area contributed by atoms with Gasteiger partial charge in [0.1, 0.15) is 16.6 Å². The minimum Gasteiger partial charge on any atom is -0.465 e. The first-order valence-electron chi connectivity index (χ1n) is 11.4. The van der Waals surface area contributed by atoms with Crippen molar-refractivity contribution in [2.24, 2.45) is 0 Å². The van der Waals surface area contributed by atoms with Crippen LogP contribution in [0.4, 0.5) is 5.69 Å². The highest BCUT2D eigenvalue weighted by molar-refractivity contribution is 7.15. The Balaban J connectivity index is 1.74. The standard InChI is InChI=1S/C27H26ClN3O3S/c1-15-12-18(13-19(14-29)25(32)30-22-10-7-9-21(28)16(22)2)17(3)31(15)26-24(27(33)34-4)20-8-5-6-11-23(20)35-26/h7,9-10,12-13H,5-6,8,11H2,1-4H3,(H,30,32)/b19-13-. The van der Waals surface area contributed by atoms with Crippen molar-refractivity contribution in [1.29, 1.82) is 5.26 Å². The first kappa shape index (κ1) is 24.8. The number of amides is 1. The van der Waals surface area contributed by atoms with Crippen LogP contribution < -0.4 is 5.32 Å². The molecule has 2 aromatic heterocycles. The molecule has 6 nitrogen and oxygen atoms in total. The monoisotopic (exact) mass is 507 g/mol. The van der Waals surface area contributed by atoms with Crippen LogP contribution in [-0.2, 0) is 22.4 Å². The van der Waals surface area contributed by atoms with Gasteiger partial charge in [-0.05, 0) is 87.4 Å². The molecule has 3 aromatic rings. The zero-order valence-electron chi connectivity index (χ0n) is 20.1. The van der Waals surface area contributed by atoms with Crippen molar-refractivity contribution >= 4 is 46.6 Å². The van der Waals surface area contributed by atoms with Gasteiger partial charge in [0, 0.05) is 27.0 Å². The zero-order chi connectivity index (χ0) is 25.3. The van der Waals surface area contributed by atoms with Crippen LogP contribution in [0.15, 0.2) is 29.8 Å². The molecule has 0 radical (unpaired) electrons. The number of fused-ring (bicyclic) bond motifs is 1. The Morgan fingerprint density at radius 2 is 1.97 bits per heavy atom. The van der Waals surface area contributed by atoms with Gasteiger partial charge in [-0.25, -0.2) is 4.79 Å². The number of hydrogen-bond acceptors (Lipinski definition) is 5. The molecule has 1 amide bonds. The number of esters is 1. The Morgan fingerprint density at radius 3 is 2.69 bits per heavy atom. The topological polar surface area (TPSA) is 84.1 Å². The first-order chi connectivity index (χ1) is 16.8. The van der Waals surface area contributed by atoms with E-state index >= 15 is 0 Å². The van der Waals surface area contributed by atoms with E-state index in [4.69, 9.17) is 16.3 Å². The molecule has 0 fully saturated rings. The summed E-state index contributed by atoms with van der Waals surface area (Å²) in [5.41, 5.74) is 5.45. The summed E-state index contributed by atoms with van der Waals surface area (Å²) in [6.45, 7) is 5.68. The summed E-state index contributed by atoms with van der Waals surface area (Å²) in [5, 5.41) is 13.9. The lowest BCUT2D eigenvalue weighted by molar-refractivity contribution is -0.112. The lowest BCUT2D eigenvalue weighted by Gasteiger charge is -2.13. The SMILES string of the molecule is COC(=O)c1c(-n2c(C)cc(/C=C(/C#N)C(=O)Nc3cccc(Cl)c3C)c2C)sc2c1CCCC2. The number of nitrogens with one attached hydrogen (secondary N) is 1. The molecule has 0 bridgehead atoms. The van der Waals surface area contributed by atoms with Crippen LogP contribution >= 0.6 is 22.9 Å². The van der Waals surface area contributed by atoms with Crippen molar-refractivity contribution in [3.05, 3.63) is 73.4 Å². The van der Waals surface area contributed by atoms with E-state index in [-0.39, 0.29) is 11.5 Å². The number of benzene rings is 1. The number of carbonyl (C=O) groups excluding carboxylic acids is 2. The largest absolute Gasteiger partial charge is 0.465 e. The first-order valence-corrected chi connectivity index (χ1v) is 12.6. The molecule has 1 aromatic carbocycles. The third-order valence-electron chi connectivity index (χ3n) is 6.40. The number of hydrogen-bond donors (Lipinski definition) is 1. The summed E-state index contributed by atoms with van der Waals surface area (Å²) in [4.78, 5) is 26.9. The number of ether oxygens (including phenoxy) is 1. The van der Waals surface area contributed by atoms with Gasteiger partial charge in [-0.15, -0.1) is 11.3 Å². The molecule has 1 aliphatic rings. The molecule has 0 aliphatic heterocycles. The molecule has 1 aliphatic carbocycles. The average molecular weight is 508 g/mol. The van der Waals surface area contributed by atoms with E-state index in [0.717, 1.165) is 58.8 Å². The molecule has 0 saturated carbocycles. The third kappa shape index (κ3) is 4.64. The second kappa shape index (κ2) is 10.1. The number of nitrogens with zero attached hydrogens (tertiary/aromatic N) is 2. The normalized spacial score (nSPS) is 13.2. The second-order valence-corrected chi connectivity index (χ2v) is 10.1. The fraction of sp³-hybridized carbons (Fsp3) is 0.296. The Morgan fingerprint density at radius 1 is 1.23 bits per heavy atom. The summed E-state index contributed by atoms with van der Waals surface area (Å²) in [5.74, 6) is -0.845. The molecular formula is C27H26ClN3O3S. The number of halogens is 1. The lowest BCUT2D eigenvalue weighted by Crippen LogP contribution is -2.14. The molecule has 180 valence electrons. The minimum atomic E-state index is -0.510. The van der Waals surface area contributed by atoms with Crippen LogP contribution in [-0.4, -0.2) is 23.6 Å². The molecule has 0 saturated heterocycles. The maximum absolute atomic E-state index is 12.9. The summed E-state index contributed by atoms with van der Waals surface area (Å²) >= 11 is 7.78. The number of aryl methyl sites for hydroxylation is 2. The van der Waals surface area contributed by atoms with E-state index in [1.807, 2.05) is 30.6 Å². The number of carbonyl (C=O) groups is 2. The van der Waals surface area contributed by atoms with E-state index in [2.05, 4.69) is 5.32 Å². The molecule has 4 rings (SSSR count). The molecule has 35 heavy (non-hydrogen) atoms. The van der Waals surface area contributed by atoms with Gasteiger partial charge in [-0.3, -0.25) is 4.79 Å². The van der Waals surface area contributed by atoms with Crippen LogP contribution in [0.2, 0.25) is 5.02 Å². The highest BCUT2D eigenvalue weighted by Crippen LogP contribution is 2.39. The van der Waals surface area contributed by atoms with Gasteiger partial charge in [0.05, 0.1) is 12.7 Å². The summed E-state index contributed by atoms with van der Waals surface area (Å²) in [6.07, 6.45) is 5.57. The number of anilines is 1. The van der Waals surface area contributed by atoms with Gasteiger partial charge in [0.2, 0.25) is 0 Å². The number of methoxy groups -OCH3 is 1. The Hall–Kier alpha value is -3.34. The van der Waals surface area contributed by atoms with Crippen LogP contribution in [0.5, 0.6) is 0 Å². The van der Waals surface area contributed by atoms with Crippen LogP contribution in [0.3, 0.4) is 0 Å². The van der Waals surface area contributed by atoms with Crippen molar-refractivity contribution < 1.29 is 14.3 Å². The molecule has 8 heteroatoms. The van der Waals surface area contributed by atoms with Gasteiger partial charge in [-0.2, -0.15) is 5.26 Å². The molecule has 0 spiro atoms. The van der Waals surface area contributed by atoms with Crippen LogP contribution in [0, 0.1) is 32.1 Å². The number of aromatic nitrogens is 1. The van der Waals surface area contributed by atoms with Gasteiger partial charge in [0.15, 0.2) is 0 Å². The smallest absolute Gasteiger partial charge is 0.341 e. The van der Waals surface area contributed by atoms with E-state index in [1.165, 1.54) is 12.0 Å². The van der Waals surface area contributed by atoms with E-state index in [9.17, 15) is 14.9 Å². The van der Waals surface area contributed by atoms with Crippen LogP contribution in [0.1, 0.15) is 56.2 Å². The van der Waals surface area contributed by atoms with Gasteiger partial charge in [-0.1, -0.05) is 17.7 Å². The fourth-order valence-corrected chi connectivity index (χ4v) is 6.17. The lowest BCUT2D eigenvalue weighted by atomic mass is 9.95. The maximum atomic E-state index is 12.9. The Bertz CT molecular complexity index is 1410. The average Bonchev–Trinajstić information content (AvgIpc) is 3.35. The van der Waals surface area contributed by atoms with Gasteiger partial charge in [0.25, 0.3) is 5.91 Å². The van der Waals surface area contributed by atoms with E-state index in [1.54, 1.807) is 42.5 Å². The number of thiophene rings is 1. The summed E-state index contributed by atoms with van der Waals surface area (Å²) < 4.78 is 7.16. The molecule has 0 unspecified atom stereocenters. The molecule has 0 atom stereocenters. The predicted molar refractivity (Wildman–Crippen MR) is 140 cm³/mol. The number of nitriles is 1. The molecular weight excluding hydrogens is 482 g/mol. The predicted octanol–water partition coefficient (Wildman–Crippen LogP) is 6.33. The Labute approximate surface area is 213 Å². The molecule has 2 heterocycles. The van der Waals surface area contributed by atoms with Crippen molar-refractivity contribution in [1.82, 2.24) is 4.57 Å². The fourth-order valence-electron chi connectivity index (χ4n) is 4.50. The molecule has 1 N–H and O–H groups in total. The van der Waals surface area contributed by atoms with E-state index < -0.39 is 5.91 Å². The maximum Gasteiger partial charge on any atom is 0.341 e. The minimum absolute atomic E-state index is 0.0247. The highest BCUT2D eigenvalue weighted by Gasteiger charge is 2.28.